The molecule has 0 radical (unpaired) electrons. The Kier molecular flexibility index (Phi) is 7.75. The first kappa shape index (κ1) is 16.2. The van der Waals surface area contributed by atoms with Gasteiger partial charge in [-0.25, -0.2) is 0 Å². The van der Waals surface area contributed by atoms with E-state index in [0.29, 0.717) is 6.04 Å². The van der Waals surface area contributed by atoms with E-state index in [2.05, 4.69) is 37.6 Å². The van der Waals surface area contributed by atoms with Crippen LogP contribution in [0.2, 0.25) is 0 Å². The summed E-state index contributed by atoms with van der Waals surface area (Å²) >= 11 is 1.84. The first-order valence-electron chi connectivity index (χ1n) is 6.69. The Morgan fingerprint density at radius 1 is 1.26 bits per heavy atom. The van der Waals surface area contributed by atoms with Gasteiger partial charge in [0.05, 0.1) is 13.7 Å². The molecule has 1 rings (SSSR count). The number of benzene rings is 1. The largest absolute Gasteiger partial charge is 0.493 e. The van der Waals surface area contributed by atoms with E-state index in [4.69, 9.17) is 9.47 Å². The molecule has 4 heteroatoms. The molecule has 0 atom stereocenters. The molecule has 0 saturated carbocycles. The summed E-state index contributed by atoms with van der Waals surface area (Å²) < 4.78 is 11.1. The normalized spacial score (nSPS) is 10.8. The van der Waals surface area contributed by atoms with Crippen LogP contribution in [0.4, 0.5) is 0 Å². The molecular formula is C15H25NO2S. The standard InChI is InChI=1S/C15H25NO2S/c1-12(2)16-11-13-6-7-14(17-3)15(10-13)18-8-5-9-19-4/h6-7,10,12,16H,5,8-9,11H2,1-4H3. The molecule has 1 aromatic carbocycles. The lowest BCUT2D eigenvalue weighted by molar-refractivity contribution is 0.295. The van der Waals surface area contributed by atoms with Crippen molar-refractivity contribution in [1.82, 2.24) is 5.32 Å². The second-order valence-corrected chi connectivity index (χ2v) is 5.70. The molecule has 19 heavy (non-hydrogen) atoms. The molecule has 0 aliphatic rings. The van der Waals surface area contributed by atoms with Crippen LogP contribution in [0.25, 0.3) is 0 Å². The lowest BCUT2D eigenvalue weighted by Gasteiger charge is -2.13. The zero-order valence-corrected chi connectivity index (χ0v) is 13.2. The second-order valence-electron chi connectivity index (χ2n) is 4.72. The maximum Gasteiger partial charge on any atom is 0.161 e. The SMILES string of the molecule is COc1ccc(CNC(C)C)cc1OCCCSC. The van der Waals surface area contributed by atoms with E-state index in [1.54, 1.807) is 7.11 Å². The summed E-state index contributed by atoms with van der Waals surface area (Å²) in [6.45, 7) is 5.87. The fourth-order valence-electron chi connectivity index (χ4n) is 1.65. The van der Waals surface area contributed by atoms with Crippen LogP contribution in [0.15, 0.2) is 18.2 Å². The van der Waals surface area contributed by atoms with E-state index in [-0.39, 0.29) is 0 Å². The Morgan fingerprint density at radius 2 is 2.05 bits per heavy atom. The number of hydrogen-bond donors (Lipinski definition) is 1. The monoisotopic (exact) mass is 283 g/mol. The average Bonchev–Trinajstić information content (AvgIpc) is 2.41. The van der Waals surface area contributed by atoms with Crippen LogP contribution in [-0.4, -0.2) is 31.8 Å². The van der Waals surface area contributed by atoms with Crippen molar-refractivity contribution in [1.29, 1.82) is 0 Å². The summed E-state index contributed by atoms with van der Waals surface area (Å²) in [4.78, 5) is 0. The van der Waals surface area contributed by atoms with Crippen LogP contribution in [0, 0.1) is 0 Å². The molecule has 0 aliphatic carbocycles. The van der Waals surface area contributed by atoms with E-state index < -0.39 is 0 Å². The van der Waals surface area contributed by atoms with Crippen molar-refractivity contribution in [3.63, 3.8) is 0 Å². The minimum absolute atomic E-state index is 0.480. The Balaban J connectivity index is 2.61. The van der Waals surface area contributed by atoms with Crippen molar-refractivity contribution >= 4 is 11.8 Å². The zero-order valence-electron chi connectivity index (χ0n) is 12.4. The molecule has 1 aromatic rings. The van der Waals surface area contributed by atoms with Crippen LogP contribution >= 0.6 is 11.8 Å². The van der Waals surface area contributed by atoms with Crippen LogP contribution in [0.1, 0.15) is 25.8 Å². The van der Waals surface area contributed by atoms with Gasteiger partial charge in [0.15, 0.2) is 11.5 Å². The maximum atomic E-state index is 5.81. The Labute approximate surface area is 121 Å². The van der Waals surface area contributed by atoms with Gasteiger partial charge in [0.25, 0.3) is 0 Å². The van der Waals surface area contributed by atoms with Gasteiger partial charge in [-0.15, -0.1) is 0 Å². The van der Waals surface area contributed by atoms with Crippen LogP contribution < -0.4 is 14.8 Å². The molecule has 0 saturated heterocycles. The number of methoxy groups -OCH3 is 1. The first-order chi connectivity index (χ1) is 9.17. The fraction of sp³-hybridized carbons (Fsp3) is 0.600. The van der Waals surface area contributed by atoms with Gasteiger partial charge in [-0.3, -0.25) is 0 Å². The first-order valence-corrected chi connectivity index (χ1v) is 8.08. The number of thioether (sulfide) groups is 1. The van der Waals surface area contributed by atoms with E-state index >= 15 is 0 Å². The highest BCUT2D eigenvalue weighted by molar-refractivity contribution is 7.98. The minimum Gasteiger partial charge on any atom is -0.493 e. The summed E-state index contributed by atoms with van der Waals surface area (Å²) in [5, 5.41) is 3.40. The molecular weight excluding hydrogens is 258 g/mol. The lowest BCUT2D eigenvalue weighted by Crippen LogP contribution is -2.21. The summed E-state index contributed by atoms with van der Waals surface area (Å²) in [5.41, 5.74) is 1.22. The summed E-state index contributed by atoms with van der Waals surface area (Å²) in [5.74, 6) is 2.76. The molecule has 0 bridgehead atoms. The molecule has 0 spiro atoms. The highest BCUT2D eigenvalue weighted by atomic mass is 32.2. The third-order valence-corrected chi connectivity index (χ3v) is 3.39. The summed E-state index contributed by atoms with van der Waals surface area (Å²) in [6.07, 6.45) is 3.16. The molecule has 0 fully saturated rings. The predicted octanol–water partition coefficient (Wildman–Crippen LogP) is 3.33. The molecule has 0 amide bonds. The number of rotatable bonds is 9. The molecule has 0 heterocycles. The van der Waals surface area contributed by atoms with E-state index in [0.717, 1.165) is 36.8 Å². The molecule has 1 N–H and O–H groups in total. The van der Waals surface area contributed by atoms with Gasteiger partial charge in [0, 0.05) is 12.6 Å². The van der Waals surface area contributed by atoms with Gasteiger partial charge in [0.1, 0.15) is 0 Å². The van der Waals surface area contributed by atoms with Gasteiger partial charge < -0.3 is 14.8 Å². The molecule has 0 aromatic heterocycles. The van der Waals surface area contributed by atoms with Crippen LogP contribution in [0.5, 0.6) is 11.5 Å². The van der Waals surface area contributed by atoms with Gasteiger partial charge in [-0.2, -0.15) is 11.8 Å². The summed E-state index contributed by atoms with van der Waals surface area (Å²) in [6, 6.07) is 6.59. The third kappa shape index (κ3) is 6.21. The average molecular weight is 283 g/mol. The van der Waals surface area contributed by atoms with Crippen molar-refractivity contribution in [2.75, 3.05) is 25.7 Å². The van der Waals surface area contributed by atoms with E-state index in [1.807, 2.05) is 17.8 Å². The van der Waals surface area contributed by atoms with Gasteiger partial charge in [-0.1, -0.05) is 19.9 Å². The second kappa shape index (κ2) is 9.10. The van der Waals surface area contributed by atoms with Crippen molar-refractivity contribution in [2.45, 2.75) is 32.9 Å². The smallest absolute Gasteiger partial charge is 0.161 e. The lowest BCUT2D eigenvalue weighted by atomic mass is 10.2. The van der Waals surface area contributed by atoms with E-state index in [9.17, 15) is 0 Å². The Morgan fingerprint density at radius 3 is 2.68 bits per heavy atom. The van der Waals surface area contributed by atoms with Crippen molar-refractivity contribution in [3.05, 3.63) is 23.8 Å². The molecule has 0 unspecified atom stereocenters. The summed E-state index contributed by atoms with van der Waals surface area (Å²) in [7, 11) is 1.68. The zero-order chi connectivity index (χ0) is 14.1. The van der Waals surface area contributed by atoms with Crippen LogP contribution in [0.3, 0.4) is 0 Å². The van der Waals surface area contributed by atoms with Crippen molar-refractivity contribution in [3.8, 4) is 11.5 Å². The molecule has 0 aliphatic heterocycles. The van der Waals surface area contributed by atoms with E-state index in [1.165, 1.54) is 5.56 Å². The highest BCUT2D eigenvalue weighted by Gasteiger charge is 2.06. The minimum atomic E-state index is 0.480. The maximum absolute atomic E-state index is 5.81. The van der Waals surface area contributed by atoms with Crippen LogP contribution in [-0.2, 0) is 6.54 Å². The van der Waals surface area contributed by atoms with Gasteiger partial charge >= 0.3 is 0 Å². The van der Waals surface area contributed by atoms with Gasteiger partial charge in [0.2, 0.25) is 0 Å². The van der Waals surface area contributed by atoms with Crippen molar-refractivity contribution in [2.24, 2.45) is 0 Å². The van der Waals surface area contributed by atoms with Gasteiger partial charge in [-0.05, 0) is 36.1 Å². The number of ether oxygens (including phenoxy) is 2. The Bertz CT molecular complexity index is 369. The topological polar surface area (TPSA) is 30.5 Å². The third-order valence-electron chi connectivity index (χ3n) is 2.69. The number of hydrogen-bond acceptors (Lipinski definition) is 4. The highest BCUT2D eigenvalue weighted by Crippen LogP contribution is 2.28. The van der Waals surface area contributed by atoms with Crippen molar-refractivity contribution < 1.29 is 9.47 Å². The molecule has 108 valence electrons. The predicted molar refractivity (Wildman–Crippen MR) is 83.5 cm³/mol. The number of nitrogens with one attached hydrogen (secondary N) is 1. The Hall–Kier alpha value is -0.870. The quantitative estimate of drug-likeness (QED) is 0.704. The molecule has 3 nitrogen and oxygen atoms in total. The fourth-order valence-corrected chi connectivity index (χ4v) is 2.06.